The van der Waals surface area contributed by atoms with Gasteiger partial charge in [-0.3, -0.25) is 4.98 Å². The first kappa shape index (κ1) is 16.9. The Balaban J connectivity index is 1.50. The van der Waals surface area contributed by atoms with Gasteiger partial charge in [0.1, 0.15) is 5.82 Å². The lowest BCUT2D eigenvalue weighted by Crippen LogP contribution is -2.10. The van der Waals surface area contributed by atoms with E-state index < -0.39 is 0 Å². The molecule has 5 heteroatoms. The van der Waals surface area contributed by atoms with Crippen LogP contribution in [0.15, 0.2) is 60.8 Å². The van der Waals surface area contributed by atoms with E-state index in [9.17, 15) is 0 Å². The second kappa shape index (κ2) is 8.78. The van der Waals surface area contributed by atoms with E-state index >= 15 is 0 Å². The van der Waals surface area contributed by atoms with Crippen LogP contribution in [0.1, 0.15) is 23.4 Å². The van der Waals surface area contributed by atoms with Crippen LogP contribution in [-0.2, 0) is 13.0 Å². The van der Waals surface area contributed by atoms with Gasteiger partial charge in [-0.25, -0.2) is 4.98 Å². The van der Waals surface area contributed by atoms with Crippen LogP contribution in [0.25, 0.3) is 0 Å². The highest BCUT2D eigenvalue weighted by Gasteiger charge is 2.02. The fourth-order valence-corrected chi connectivity index (χ4v) is 2.56. The largest absolute Gasteiger partial charge is 0.364 e. The van der Waals surface area contributed by atoms with Crippen LogP contribution >= 0.6 is 0 Å². The number of aromatic nitrogens is 3. The zero-order valence-electron chi connectivity index (χ0n) is 14.4. The highest BCUT2D eigenvalue weighted by atomic mass is 15.1. The fraction of sp³-hybridized carbons (Fsp3) is 0.250. The van der Waals surface area contributed by atoms with Gasteiger partial charge in [-0.05, 0) is 37.5 Å². The third kappa shape index (κ3) is 5.57. The second-order valence-corrected chi connectivity index (χ2v) is 5.91. The molecule has 0 aliphatic heterocycles. The maximum absolute atomic E-state index is 4.53. The van der Waals surface area contributed by atoms with Gasteiger partial charge in [0, 0.05) is 24.5 Å². The van der Waals surface area contributed by atoms with E-state index in [1.807, 2.05) is 37.3 Å². The van der Waals surface area contributed by atoms with Crippen LogP contribution in [-0.4, -0.2) is 21.5 Å². The normalized spacial score (nSPS) is 10.4. The molecule has 0 aliphatic carbocycles. The van der Waals surface area contributed by atoms with Gasteiger partial charge in [0.05, 0.1) is 12.2 Å². The number of benzene rings is 1. The Morgan fingerprint density at radius 3 is 2.56 bits per heavy atom. The summed E-state index contributed by atoms with van der Waals surface area (Å²) in [7, 11) is 0. The monoisotopic (exact) mass is 333 g/mol. The number of rotatable bonds is 8. The van der Waals surface area contributed by atoms with Crippen molar-refractivity contribution >= 4 is 11.8 Å². The average molecular weight is 333 g/mol. The molecule has 5 nitrogen and oxygen atoms in total. The molecule has 0 bridgehead atoms. The fourth-order valence-electron chi connectivity index (χ4n) is 2.56. The minimum absolute atomic E-state index is 0.644. The van der Waals surface area contributed by atoms with Crippen molar-refractivity contribution in [3.8, 4) is 0 Å². The number of aryl methyl sites for hydroxylation is 2. The Labute approximate surface area is 148 Å². The molecule has 1 aromatic carbocycles. The first-order chi connectivity index (χ1) is 12.3. The summed E-state index contributed by atoms with van der Waals surface area (Å²) in [6, 6.07) is 18.3. The third-order valence-electron chi connectivity index (χ3n) is 3.80. The molecule has 2 heterocycles. The molecule has 25 heavy (non-hydrogen) atoms. The molecule has 0 saturated carbocycles. The van der Waals surface area contributed by atoms with Gasteiger partial charge in [0.2, 0.25) is 5.95 Å². The molecule has 0 saturated heterocycles. The van der Waals surface area contributed by atoms with Gasteiger partial charge in [-0.15, -0.1) is 0 Å². The number of nitrogens with one attached hydrogen (secondary N) is 2. The number of nitrogens with zero attached hydrogens (tertiary/aromatic N) is 3. The minimum Gasteiger partial charge on any atom is -0.364 e. The summed E-state index contributed by atoms with van der Waals surface area (Å²) < 4.78 is 0. The Hall–Kier alpha value is -2.95. The predicted molar refractivity (Wildman–Crippen MR) is 102 cm³/mol. The van der Waals surface area contributed by atoms with Crippen LogP contribution < -0.4 is 10.6 Å². The summed E-state index contributed by atoms with van der Waals surface area (Å²) >= 11 is 0. The van der Waals surface area contributed by atoms with Gasteiger partial charge in [0.25, 0.3) is 0 Å². The topological polar surface area (TPSA) is 62.7 Å². The molecular weight excluding hydrogens is 310 g/mol. The summed E-state index contributed by atoms with van der Waals surface area (Å²) in [5, 5.41) is 6.62. The van der Waals surface area contributed by atoms with E-state index in [-0.39, 0.29) is 0 Å². The van der Waals surface area contributed by atoms with Gasteiger partial charge in [-0.2, -0.15) is 4.98 Å². The lowest BCUT2D eigenvalue weighted by atomic mass is 10.1. The molecule has 128 valence electrons. The summed E-state index contributed by atoms with van der Waals surface area (Å²) in [6.45, 7) is 3.46. The Morgan fingerprint density at radius 2 is 1.76 bits per heavy atom. The van der Waals surface area contributed by atoms with E-state index in [0.717, 1.165) is 36.6 Å². The maximum atomic E-state index is 4.53. The lowest BCUT2D eigenvalue weighted by molar-refractivity contribution is 0.851. The van der Waals surface area contributed by atoms with Crippen molar-refractivity contribution < 1.29 is 0 Å². The molecule has 3 rings (SSSR count). The van der Waals surface area contributed by atoms with Crippen molar-refractivity contribution in [1.82, 2.24) is 15.0 Å². The van der Waals surface area contributed by atoms with Crippen molar-refractivity contribution in [2.75, 3.05) is 17.2 Å². The number of anilines is 2. The van der Waals surface area contributed by atoms with Gasteiger partial charge in [0.15, 0.2) is 0 Å². The van der Waals surface area contributed by atoms with Crippen LogP contribution in [0, 0.1) is 6.92 Å². The quantitative estimate of drug-likeness (QED) is 0.613. The predicted octanol–water partition coefficient (Wildman–Crippen LogP) is 3.84. The summed E-state index contributed by atoms with van der Waals surface area (Å²) in [6.07, 6.45) is 3.88. The molecular formula is C20H23N5. The first-order valence-electron chi connectivity index (χ1n) is 8.57. The van der Waals surface area contributed by atoms with Crippen LogP contribution in [0.3, 0.4) is 0 Å². The zero-order chi connectivity index (χ0) is 17.3. The number of pyridine rings is 1. The molecule has 0 unspecified atom stereocenters. The summed E-state index contributed by atoms with van der Waals surface area (Å²) in [5.74, 6) is 1.47. The Morgan fingerprint density at radius 1 is 0.920 bits per heavy atom. The highest BCUT2D eigenvalue weighted by molar-refractivity contribution is 5.42. The maximum Gasteiger partial charge on any atom is 0.224 e. The van der Waals surface area contributed by atoms with E-state index in [1.54, 1.807) is 6.20 Å². The van der Waals surface area contributed by atoms with E-state index in [4.69, 9.17) is 0 Å². The van der Waals surface area contributed by atoms with Crippen molar-refractivity contribution in [3.05, 3.63) is 77.7 Å². The molecule has 0 radical (unpaired) electrons. The highest BCUT2D eigenvalue weighted by Crippen LogP contribution is 2.11. The molecule has 2 aromatic heterocycles. The standard InChI is InChI=1S/C20H23N5/c1-16-14-19(23-15-18-11-5-6-12-21-18)25-20(24-16)22-13-7-10-17-8-3-2-4-9-17/h2-6,8-9,11-12,14H,7,10,13,15H2,1H3,(H2,22,23,24,25). The van der Waals surface area contributed by atoms with Gasteiger partial charge < -0.3 is 10.6 Å². The number of hydrogen-bond acceptors (Lipinski definition) is 5. The first-order valence-corrected chi connectivity index (χ1v) is 8.57. The average Bonchev–Trinajstić information content (AvgIpc) is 2.65. The SMILES string of the molecule is Cc1cc(NCc2ccccn2)nc(NCCCc2ccccc2)n1. The molecule has 0 spiro atoms. The summed E-state index contributed by atoms with van der Waals surface area (Å²) in [5.41, 5.74) is 3.27. The molecule has 2 N–H and O–H groups in total. The van der Waals surface area contributed by atoms with E-state index in [1.165, 1.54) is 5.56 Å². The van der Waals surface area contributed by atoms with E-state index in [2.05, 4.69) is 49.9 Å². The van der Waals surface area contributed by atoms with Crippen molar-refractivity contribution in [2.45, 2.75) is 26.3 Å². The zero-order valence-corrected chi connectivity index (χ0v) is 14.4. The molecule has 0 amide bonds. The minimum atomic E-state index is 0.644. The molecule has 0 atom stereocenters. The molecule has 3 aromatic rings. The van der Waals surface area contributed by atoms with Crippen LogP contribution in [0.4, 0.5) is 11.8 Å². The second-order valence-electron chi connectivity index (χ2n) is 5.91. The third-order valence-corrected chi connectivity index (χ3v) is 3.80. The van der Waals surface area contributed by atoms with E-state index in [0.29, 0.717) is 12.5 Å². The van der Waals surface area contributed by atoms with Crippen molar-refractivity contribution in [1.29, 1.82) is 0 Å². The molecule has 0 aliphatic rings. The van der Waals surface area contributed by atoms with Crippen molar-refractivity contribution in [2.24, 2.45) is 0 Å². The van der Waals surface area contributed by atoms with Crippen LogP contribution in [0.5, 0.6) is 0 Å². The van der Waals surface area contributed by atoms with Gasteiger partial charge in [-0.1, -0.05) is 36.4 Å². The Kier molecular flexibility index (Phi) is 5.93. The molecule has 0 fully saturated rings. The van der Waals surface area contributed by atoms with Crippen LogP contribution in [0.2, 0.25) is 0 Å². The van der Waals surface area contributed by atoms with Gasteiger partial charge >= 0.3 is 0 Å². The smallest absolute Gasteiger partial charge is 0.224 e. The number of hydrogen-bond donors (Lipinski definition) is 2. The Bertz CT molecular complexity index is 775. The summed E-state index contributed by atoms with van der Waals surface area (Å²) in [4.78, 5) is 13.3. The lowest BCUT2D eigenvalue weighted by Gasteiger charge is -2.10. The van der Waals surface area contributed by atoms with Crippen molar-refractivity contribution in [3.63, 3.8) is 0 Å².